The number of nitrogens with zero attached hydrogens (tertiary/aromatic N) is 2. The van der Waals surface area contributed by atoms with E-state index in [2.05, 4.69) is 5.10 Å². The van der Waals surface area contributed by atoms with E-state index < -0.39 is 0 Å². The van der Waals surface area contributed by atoms with E-state index in [0.29, 0.717) is 0 Å². The minimum absolute atomic E-state index is 0.0532. The number of aldehydes is 1. The monoisotopic (exact) mass is 152 g/mol. The molecular formula is C8H12N2O. The van der Waals surface area contributed by atoms with Crippen molar-refractivity contribution in [3.63, 3.8) is 0 Å². The van der Waals surface area contributed by atoms with Gasteiger partial charge in [0.05, 0.1) is 17.8 Å². The van der Waals surface area contributed by atoms with Crippen molar-refractivity contribution in [2.45, 2.75) is 19.8 Å². The van der Waals surface area contributed by atoms with Gasteiger partial charge in [0, 0.05) is 7.05 Å². The summed E-state index contributed by atoms with van der Waals surface area (Å²) in [6.45, 7) is 3.83. The molecule has 11 heavy (non-hydrogen) atoms. The van der Waals surface area contributed by atoms with Gasteiger partial charge in [0.1, 0.15) is 6.29 Å². The Balaban J connectivity index is 3.09. The number of hydrogen-bond acceptors (Lipinski definition) is 2. The molecule has 60 valence electrons. The Morgan fingerprint density at radius 1 is 1.73 bits per heavy atom. The Kier molecular flexibility index (Phi) is 2.08. The summed E-state index contributed by atoms with van der Waals surface area (Å²) in [6, 6.07) is 0. The van der Waals surface area contributed by atoms with Crippen LogP contribution in [0.15, 0.2) is 6.20 Å². The third-order valence-corrected chi connectivity index (χ3v) is 1.81. The number of carbonyl (C=O) groups is 1. The van der Waals surface area contributed by atoms with Crippen LogP contribution in [0.2, 0.25) is 0 Å². The summed E-state index contributed by atoms with van der Waals surface area (Å²) in [5.74, 6) is -0.0532. The van der Waals surface area contributed by atoms with Crippen molar-refractivity contribution in [2.75, 3.05) is 0 Å². The topological polar surface area (TPSA) is 34.9 Å². The van der Waals surface area contributed by atoms with Gasteiger partial charge in [-0.05, 0) is 12.5 Å². The van der Waals surface area contributed by atoms with Crippen molar-refractivity contribution in [1.29, 1.82) is 0 Å². The fraction of sp³-hybridized carbons (Fsp3) is 0.500. The fourth-order valence-electron chi connectivity index (χ4n) is 1.28. The lowest BCUT2D eigenvalue weighted by molar-refractivity contribution is -0.108. The summed E-state index contributed by atoms with van der Waals surface area (Å²) in [4.78, 5) is 10.5. The molecule has 1 aromatic rings. The predicted molar refractivity (Wildman–Crippen MR) is 42.4 cm³/mol. The summed E-state index contributed by atoms with van der Waals surface area (Å²) in [5.41, 5.74) is 2.08. The largest absolute Gasteiger partial charge is 0.303 e. The van der Waals surface area contributed by atoms with Gasteiger partial charge in [-0.2, -0.15) is 5.10 Å². The third-order valence-electron chi connectivity index (χ3n) is 1.81. The van der Waals surface area contributed by atoms with Gasteiger partial charge in [-0.15, -0.1) is 0 Å². The molecule has 0 aliphatic rings. The normalized spacial score (nSPS) is 13.0. The molecule has 0 N–H and O–H groups in total. The molecule has 0 bridgehead atoms. The Labute approximate surface area is 66.0 Å². The van der Waals surface area contributed by atoms with Gasteiger partial charge in [0.2, 0.25) is 0 Å². The third kappa shape index (κ3) is 1.31. The van der Waals surface area contributed by atoms with Crippen molar-refractivity contribution in [3.8, 4) is 0 Å². The lowest BCUT2D eigenvalue weighted by atomic mass is 10.1. The maximum absolute atomic E-state index is 10.5. The summed E-state index contributed by atoms with van der Waals surface area (Å²) >= 11 is 0. The molecule has 0 spiro atoms. The quantitative estimate of drug-likeness (QED) is 0.593. The zero-order chi connectivity index (χ0) is 8.43. The first-order valence-corrected chi connectivity index (χ1v) is 3.60. The van der Waals surface area contributed by atoms with Crippen molar-refractivity contribution in [3.05, 3.63) is 17.5 Å². The van der Waals surface area contributed by atoms with Crippen LogP contribution in [0.4, 0.5) is 0 Å². The molecule has 1 heterocycles. The maximum Gasteiger partial charge on any atom is 0.128 e. The van der Waals surface area contributed by atoms with E-state index in [9.17, 15) is 4.79 Å². The van der Waals surface area contributed by atoms with E-state index in [0.717, 1.165) is 17.5 Å². The predicted octanol–water partition coefficient (Wildman–Crippen LogP) is 1.03. The molecule has 3 heteroatoms. The smallest absolute Gasteiger partial charge is 0.128 e. The Morgan fingerprint density at radius 2 is 2.36 bits per heavy atom. The maximum atomic E-state index is 10.5. The molecule has 0 radical (unpaired) electrons. The molecule has 0 amide bonds. The van der Waals surface area contributed by atoms with Gasteiger partial charge < -0.3 is 4.79 Å². The summed E-state index contributed by atoms with van der Waals surface area (Å²) in [5, 5.41) is 4.04. The first-order chi connectivity index (χ1) is 5.16. The van der Waals surface area contributed by atoms with Gasteiger partial charge in [0.25, 0.3) is 0 Å². The molecule has 1 rings (SSSR count). The fourth-order valence-corrected chi connectivity index (χ4v) is 1.28. The van der Waals surface area contributed by atoms with Crippen LogP contribution in [0.1, 0.15) is 24.1 Å². The van der Waals surface area contributed by atoms with E-state index in [1.807, 2.05) is 20.9 Å². The van der Waals surface area contributed by atoms with Crippen LogP contribution < -0.4 is 0 Å². The molecular weight excluding hydrogens is 140 g/mol. The number of aryl methyl sites for hydroxylation is 2. The van der Waals surface area contributed by atoms with Crippen LogP contribution in [-0.4, -0.2) is 16.1 Å². The van der Waals surface area contributed by atoms with E-state index >= 15 is 0 Å². The summed E-state index contributed by atoms with van der Waals surface area (Å²) in [7, 11) is 1.85. The minimum atomic E-state index is -0.0532. The van der Waals surface area contributed by atoms with Gasteiger partial charge in [0.15, 0.2) is 0 Å². The molecule has 0 saturated carbocycles. The minimum Gasteiger partial charge on any atom is -0.303 e. The molecule has 0 saturated heterocycles. The second-order valence-electron chi connectivity index (χ2n) is 2.76. The second kappa shape index (κ2) is 2.86. The van der Waals surface area contributed by atoms with Crippen LogP contribution in [-0.2, 0) is 11.8 Å². The van der Waals surface area contributed by atoms with Crippen LogP contribution in [0, 0.1) is 6.92 Å². The average Bonchev–Trinajstić information content (AvgIpc) is 2.30. The summed E-state index contributed by atoms with van der Waals surface area (Å²) < 4.78 is 1.74. The van der Waals surface area contributed by atoms with Gasteiger partial charge in [-0.25, -0.2) is 0 Å². The molecule has 1 unspecified atom stereocenters. The number of rotatable bonds is 2. The van der Waals surface area contributed by atoms with E-state index in [4.69, 9.17) is 0 Å². The highest BCUT2D eigenvalue weighted by atomic mass is 16.1. The van der Waals surface area contributed by atoms with Crippen molar-refractivity contribution in [2.24, 2.45) is 7.05 Å². The summed E-state index contributed by atoms with van der Waals surface area (Å²) in [6.07, 6.45) is 2.71. The van der Waals surface area contributed by atoms with E-state index in [1.54, 1.807) is 10.9 Å². The molecule has 0 aliphatic heterocycles. The SMILES string of the molecule is Cc1cnn(C)c1C(C)C=O. The van der Waals surface area contributed by atoms with Gasteiger partial charge in [-0.1, -0.05) is 6.92 Å². The number of carbonyl (C=O) groups excluding carboxylic acids is 1. The van der Waals surface area contributed by atoms with Gasteiger partial charge in [-0.3, -0.25) is 4.68 Å². The van der Waals surface area contributed by atoms with Crippen LogP contribution in [0.25, 0.3) is 0 Å². The highest BCUT2D eigenvalue weighted by Gasteiger charge is 2.11. The Morgan fingerprint density at radius 3 is 2.73 bits per heavy atom. The molecule has 1 aromatic heterocycles. The van der Waals surface area contributed by atoms with Crippen molar-refractivity contribution >= 4 is 6.29 Å². The van der Waals surface area contributed by atoms with Gasteiger partial charge >= 0.3 is 0 Å². The standard InChI is InChI=1S/C8H12N2O/c1-6-4-9-10(3)8(6)7(2)5-11/h4-5,7H,1-3H3. The highest BCUT2D eigenvalue weighted by molar-refractivity contribution is 5.61. The molecule has 1 atom stereocenters. The molecule has 3 nitrogen and oxygen atoms in total. The Hall–Kier alpha value is -1.12. The first kappa shape index (κ1) is 7.98. The molecule has 0 aromatic carbocycles. The van der Waals surface area contributed by atoms with Crippen LogP contribution >= 0.6 is 0 Å². The van der Waals surface area contributed by atoms with E-state index in [1.165, 1.54) is 0 Å². The zero-order valence-electron chi connectivity index (χ0n) is 7.03. The first-order valence-electron chi connectivity index (χ1n) is 3.60. The lowest BCUT2D eigenvalue weighted by Crippen LogP contribution is -2.04. The number of hydrogen-bond donors (Lipinski definition) is 0. The van der Waals surface area contributed by atoms with Crippen molar-refractivity contribution in [1.82, 2.24) is 9.78 Å². The second-order valence-corrected chi connectivity index (χ2v) is 2.76. The van der Waals surface area contributed by atoms with Crippen LogP contribution in [0.3, 0.4) is 0 Å². The number of aromatic nitrogens is 2. The van der Waals surface area contributed by atoms with Crippen molar-refractivity contribution < 1.29 is 4.79 Å². The van der Waals surface area contributed by atoms with E-state index in [-0.39, 0.29) is 5.92 Å². The Bertz CT molecular complexity index is 246. The lowest BCUT2D eigenvalue weighted by Gasteiger charge is -2.04. The molecule has 0 aliphatic carbocycles. The average molecular weight is 152 g/mol. The van der Waals surface area contributed by atoms with Crippen LogP contribution in [0.5, 0.6) is 0 Å². The molecule has 0 fully saturated rings. The highest BCUT2D eigenvalue weighted by Crippen LogP contribution is 2.15. The zero-order valence-corrected chi connectivity index (χ0v) is 7.03.